The van der Waals surface area contributed by atoms with Crippen LogP contribution in [0.1, 0.15) is 11.8 Å². The predicted octanol–water partition coefficient (Wildman–Crippen LogP) is 2.69. The van der Waals surface area contributed by atoms with E-state index in [-0.39, 0.29) is 15.6 Å². The minimum absolute atomic E-state index is 0.202. The van der Waals surface area contributed by atoms with Crippen molar-refractivity contribution < 1.29 is 14.6 Å². The van der Waals surface area contributed by atoms with Crippen LogP contribution in [0, 0.1) is 20.2 Å². The van der Waals surface area contributed by atoms with E-state index in [1.54, 1.807) is 19.1 Å². The highest BCUT2D eigenvalue weighted by Crippen LogP contribution is 2.44. The van der Waals surface area contributed by atoms with E-state index in [0.29, 0.717) is 15.5 Å². The molecule has 0 saturated carbocycles. The molecule has 0 bridgehead atoms. The minimum atomic E-state index is -0.814. The van der Waals surface area contributed by atoms with Crippen LogP contribution in [-0.2, 0) is 0 Å². The number of primary amides is 1. The van der Waals surface area contributed by atoms with Crippen molar-refractivity contribution in [1.29, 1.82) is 0 Å². The van der Waals surface area contributed by atoms with Crippen molar-refractivity contribution in [3.8, 4) is 9.75 Å². The van der Waals surface area contributed by atoms with Crippen molar-refractivity contribution in [2.24, 2.45) is 10.8 Å². The molecule has 0 atom stereocenters. The maximum absolute atomic E-state index is 11.1. The second kappa shape index (κ2) is 6.50. The number of nitro groups is 2. The summed E-state index contributed by atoms with van der Waals surface area (Å²) < 4.78 is 0. The number of nitrogens with two attached hydrogens (primary N) is 1. The van der Waals surface area contributed by atoms with Crippen LogP contribution in [0.2, 0.25) is 0 Å². The molecule has 2 heterocycles. The van der Waals surface area contributed by atoms with E-state index in [4.69, 9.17) is 5.73 Å². The molecule has 0 saturated heterocycles. The number of nitrogens with one attached hydrogen (secondary N) is 1. The highest BCUT2D eigenvalue weighted by Gasteiger charge is 2.27. The first-order valence-corrected chi connectivity index (χ1v) is 7.56. The Balaban J connectivity index is 2.40. The summed E-state index contributed by atoms with van der Waals surface area (Å²) in [7, 11) is 0. The number of hydrazone groups is 1. The Bertz CT molecular complexity index is 825. The maximum atomic E-state index is 11.1. The molecule has 0 unspecified atom stereocenters. The largest absolute Gasteiger partial charge is 0.350 e. The molecule has 12 heteroatoms. The van der Waals surface area contributed by atoms with Crippen molar-refractivity contribution in [3.63, 3.8) is 0 Å². The predicted molar refractivity (Wildman–Crippen MR) is 85.9 cm³/mol. The van der Waals surface area contributed by atoms with Crippen LogP contribution in [0.25, 0.3) is 9.75 Å². The Hall–Kier alpha value is -2.86. The zero-order valence-electron chi connectivity index (χ0n) is 11.5. The lowest BCUT2D eigenvalue weighted by Crippen LogP contribution is -2.25. The van der Waals surface area contributed by atoms with Gasteiger partial charge in [0.2, 0.25) is 0 Å². The Morgan fingerprint density at radius 1 is 1.26 bits per heavy atom. The number of hydrogen-bond acceptors (Lipinski definition) is 8. The fourth-order valence-corrected chi connectivity index (χ4v) is 3.63. The van der Waals surface area contributed by atoms with Gasteiger partial charge in [0, 0.05) is 0 Å². The second-order valence-electron chi connectivity index (χ2n) is 4.15. The summed E-state index contributed by atoms with van der Waals surface area (Å²) in [5, 5.41) is 25.3. The molecule has 2 rings (SSSR count). The molecule has 2 aromatic heterocycles. The second-order valence-corrected chi connectivity index (χ2v) is 6.26. The van der Waals surface area contributed by atoms with Gasteiger partial charge in [-0.15, -0.1) is 11.3 Å². The SMILES string of the molecule is CC(=NNC(N)=O)c1ccc(-c2sc([N+](=O)[O-])cc2[N+](=O)[O-])s1. The third-order valence-corrected chi connectivity index (χ3v) is 5.05. The van der Waals surface area contributed by atoms with Gasteiger partial charge in [0.25, 0.3) is 5.69 Å². The van der Waals surface area contributed by atoms with Crippen LogP contribution in [-0.4, -0.2) is 21.6 Å². The van der Waals surface area contributed by atoms with Gasteiger partial charge >= 0.3 is 11.0 Å². The summed E-state index contributed by atoms with van der Waals surface area (Å²) in [4.78, 5) is 32.5. The topological polar surface area (TPSA) is 154 Å². The summed E-state index contributed by atoms with van der Waals surface area (Å²) in [6.45, 7) is 1.62. The number of amides is 2. The van der Waals surface area contributed by atoms with E-state index in [9.17, 15) is 25.0 Å². The number of carbonyl (C=O) groups excluding carboxylic acids is 1. The number of carbonyl (C=O) groups is 1. The van der Waals surface area contributed by atoms with Gasteiger partial charge in [-0.3, -0.25) is 20.2 Å². The zero-order chi connectivity index (χ0) is 17.1. The van der Waals surface area contributed by atoms with Crippen molar-refractivity contribution in [1.82, 2.24) is 5.43 Å². The van der Waals surface area contributed by atoms with Crippen LogP contribution in [0.3, 0.4) is 0 Å². The average molecular weight is 355 g/mol. The van der Waals surface area contributed by atoms with E-state index >= 15 is 0 Å². The van der Waals surface area contributed by atoms with E-state index in [0.717, 1.165) is 28.7 Å². The van der Waals surface area contributed by atoms with Gasteiger partial charge in [0.05, 0.1) is 25.3 Å². The third kappa shape index (κ3) is 3.67. The fourth-order valence-electron chi connectivity index (χ4n) is 1.62. The van der Waals surface area contributed by atoms with Crippen LogP contribution < -0.4 is 11.2 Å². The smallest absolute Gasteiger partial charge is 0.332 e. The van der Waals surface area contributed by atoms with Gasteiger partial charge in [-0.2, -0.15) is 5.10 Å². The number of thiophene rings is 2. The molecule has 0 aliphatic rings. The van der Waals surface area contributed by atoms with Gasteiger partial charge in [0.15, 0.2) is 0 Å². The van der Waals surface area contributed by atoms with Gasteiger partial charge in [0.1, 0.15) is 10.9 Å². The number of hydrogen-bond donors (Lipinski definition) is 2. The van der Waals surface area contributed by atoms with E-state index in [1.807, 2.05) is 0 Å². The summed E-state index contributed by atoms with van der Waals surface area (Å²) in [5.41, 5.74) is 7.12. The molecule has 2 amide bonds. The van der Waals surface area contributed by atoms with Crippen molar-refractivity contribution in [3.05, 3.63) is 43.3 Å². The number of nitrogens with zero attached hydrogens (tertiary/aromatic N) is 3. The van der Waals surface area contributed by atoms with Gasteiger partial charge < -0.3 is 5.73 Å². The normalized spacial score (nSPS) is 11.3. The van der Waals surface area contributed by atoms with Gasteiger partial charge in [-0.05, 0) is 19.1 Å². The lowest BCUT2D eigenvalue weighted by atomic mass is 10.3. The molecule has 10 nitrogen and oxygen atoms in total. The quantitative estimate of drug-likeness (QED) is 0.479. The summed E-state index contributed by atoms with van der Waals surface area (Å²) in [6, 6.07) is 3.38. The third-order valence-electron chi connectivity index (χ3n) is 2.60. The molecule has 120 valence electrons. The summed E-state index contributed by atoms with van der Waals surface area (Å²) in [5.74, 6) is 0. The number of rotatable bonds is 5. The summed E-state index contributed by atoms with van der Waals surface area (Å²) in [6.07, 6.45) is 0. The van der Waals surface area contributed by atoms with Crippen LogP contribution in [0.5, 0.6) is 0 Å². The average Bonchev–Trinajstić information content (AvgIpc) is 3.10. The molecule has 0 aromatic carbocycles. The molecular weight excluding hydrogens is 346 g/mol. The fraction of sp³-hybridized carbons (Fsp3) is 0.0909. The Kier molecular flexibility index (Phi) is 4.66. The molecular formula is C11H9N5O5S2. The molecule has 0 spiro atoms. The first-order chi connectivity index (χ1) is 10.8. The maximum Gasteiger partial charge on any atom is 0.332 e. The van der Waals surface area contributed by atoms with Crippen LogP contribution in [0.4, 0.5) is 15.5 Å². The van der Waals surface area contributed by atoms with Gasteiger partial charge in [-0.1, -0.05) is 11.3 Å². The highest BCUT2D eigenvalue weighted by molar-refractivity contribution is 7.25. The molecule has 23 heavy (non-hydrogen) atoms. The summed E-state index contributed by atoms with van der Waals surface area (Å²) >= 11 is 1.90. The first-order valence-electron chi connectivity index (χ1n) is 5.92. The number of urea groups is 1. The molecule has 0 radical (unpaired) electrons. The van der Waals surface area contributed by atoms with E-state index in [2.05, 4.69) is 10.5 Å². The molecule has 3 N–H and O–H groups in total. The molecule has 0 fully saturated rings. The van der Waals surface area contributed by atoms with Crippen molar-refractivity contribution in [2.75, 3.05) is 0 Å². The Morgan fingerprint density at radius 3 is 2.52 bits per heavy atom. The minimum Gasteiger partial charge on any atom is -0.350 e. The molecule has 0 aliphatic carbocycles. The van der Waals surface area contributed by atoms with Crippen molar-refractivity contribution >= 4 is 45.1 Å². The monoisotopic (exact) mass is 355 g/mol. The van der Waals surface area contributed by atoms with Crippen LogP contribution >= 0.6 is 22.7 Å². The first kappa shape index (κ1) is 16.5. The molecule has 2 aromatic rings. The lowest BCUT2D eigenvalue weighted by Gasteiger charge is -1.96. The highest BCUT2D eigenvalue weighted by atomic mass is 32.1. The molecule has 0 aliphatic heterocycles. The zero-order valence-corrected chi connectivity index (χ0v) is 13.1. The van der Waals surface area contributed by atoms with E-state index in [1.165, 1.54) is 0 Å². The van der Waals surface area contributed by atoms with Gasteiger partial charge in [-0.25, -0.2) is 10.2 Å². The van der Waals surface area contributed by atoms with Crippen molar-refractivity contribution in [2.45, 2.75) is 6.92 Å². The lowest BCUT2D eigenvalue weighted by molar-refractivity contribution is -0.389. The van der Waals surface area contributed by atoms with Crippen LogP contribution in [0.15, 0.2) is 23.3 Å². The Labute approximate surface area is 136 Å². The van der Waals surface area contributed by atoms with E-state index < -0.39 is 15.9 Å². The Morgan fingerprint density at radius 2 is 1.96 bits per heavy atom. The standard InChI is InChI=1S/C11H9N5O5S2/c1-5(13-14-11(12)17)7-2-3-8(22-7)10-6(15(18)19)4-9(23-10)16(20)21/h2-4H,1H3,(H3,12,14,17).